The van der Waals surface area contributed by atoms with E-state index in [4.69, 9.17) is 18.7 Å². The third kappa shape index (κ3) is 4.32. The van der Waals surface area contributed by atoms with E-state index in [1.165, 1.54) is 23.6 Å². The summed E-state index contributed by atoms with van der Waals surface area (Å²) in [5, 5.41) is 4.86. The summed E-state index contributed by atoms with van der Waals surface area (Å²) in [5.41, 5.74) is 4.95. The maximum Gasteiger partial charge on any atom is 0.259 e. The Balaban J connectivity index is 1.52. The van der Waals surface area contributed by atoms with Gasteiger partial charge in [-0.25, -0.2) is 0 Å². The van der Waals surface area contributed by atoms with Crippen molar-refractivity contribution in [1.29, 1.82) is 0 Å². The van der Waals surface area contributed by atoms with Gasteiger partial charge in [0.05, 0.1) is 38.6 Å². The van der Waals surface area contributed by atoms with Crippen LogP contribution in [-0.2, 0) is 12.8 Å². The molecule has 8 heteroatoms. The van der Waals surface area contributed by atoms with Gasteiger partial charge in [0, 0.05) is 23.6 Å². The van der Waals surface area contributed by atoms with Crippen LogP contribution in [0, 0.1) is 0 Å². The molecule has 0 saturated heterocycles. The number of aromatic nitrogens is 2. The number of ether oxygens (including phenoxy) is 3. The predicted octanol–water partition coefficient (Wildman–Crippen LogP) is 4.94. The zero-order valence-electron chi connectivity index (χ0n) is 20.2. The fourth-order valence-corrected chi connectivity index (χ4v) is 4.95. The monoisotopic (exact) mass is 475 g/mol. The third-order valence-electron chi connectivity index (χ3n) is 6.68. The van der Waals surface area contributed by atoms with Crippen LogP contribution in [0.1, 0.15) is 46.4 Å². The molecule has 1 aliphatic rings. The van der Waals surface area contributed by atoms with Crippen molar-refractivity contribution in [2.75, 3.05) is 27.4 Å². The van der Waals surface area contributed by atoms with Crippen LogP contribution in [0.3, 0.4) is 0 Å². The van der Waals surface area contributed by atoms with Crippen molar-refractivity contribution in [2.45, 2.75) is 32.2 Å². The number of benzene rings is 2. The molecule has 1 N–H and O–H groups in total. The lowest BCUT2D eigenvalue weighted by molar-refractivity contribution is 0.0649. The fraction of sp³-hybridized carbons (Fsp3) is 0.333. The van der Waals surface area contributed by atoms with Crippen molar-refractivity contribution < 1.29 is 23.5 Å². The van der Waals surface area contributed by atoms with Gasteiger partial charge in [-0.15, -0.1) is 0 Å². The number of nitrogens with one attached hydrogen (secondary N) is 1. The molecule has 1 amide bonds. The Morgan fingerprint density at radius 1 is 1.20 bits per heavy atom. The number of hydrogen-bond acceptors (Lipinski definition) is 6. The van der Waals surface area contributed by atoms with Gasteiger partial charge in [-0.3, -0.25) is 4.79 Å². The van der Waals surface area contributed by atoms with Crippen LogP contribution in [0.2, 0.25) is 0 Å². The van der Waals surface area contributed by atoms with E-state index in [9.17, 15) is 4.79 Å². The lowest BCUT2D eigenvalue weighted by Gasteiger charge is -2.38. The van der Waals surface area contributed by atoms with Gasteiger partial charge in [0.25, 0.3) is 5.91 Å². The molecule has 5 rings (SSSR count). The summed E-state index contributed by atoms with van der Waals surface area (Å²) >= 11 is 0. The van der Waals surface area contributed by atoms with Crippen LogP contribution in [0.5, 0.6) is 17.2 Å². The molecule has 0 fully saturated rings. The number of rotatable bonds is 8. The topological polar surface area (TPSA) is 89.8 Å². The summed E-state index contributed by atoms with van der Waals surface area (Å²) in [7, 11) is 3.32. The summed E-state index contributed by atoms with van der Waals surface area (Å²) in [5.74, 6) is 2.14. The molecular weight excluding hydrogens is 446 g/mol. The van der Waals surface area contributed by atoms with Crippen molar-refractivity contribution in [3.63, 3.8) is 0 Å². The van der Waals surface area contributed by atoms with E-state index >= 15 is 0 Å². The molecule has 2 aromatic heterocycles. The Kier molecular flexibility index (Phi) is 6.35. The van der Waals surface area contributed by atoms with Crippen LogP contribution >= 0.6 is 0 Å². The Bertz CT molecular complexity index is 1330. The van der Waals surface area contributed by atoms with E-state index in [-0.39, 0.29) is 11.9 Å². The maximum atomic E-state index is 13.4. The van der Waals surface area contributed by atoms with Crippen molar-refractivity contribution >= 4 is 16.8 Å². The quantitative estimate of drug-likeness (QED) is 0.388. The Labute approximate surface area is 203 Å². The molecule has 2 aromatic carbocycles. The summed E-state index contributed by atoms with van der Waals surface area (Å²) in [6, 6.07) is 9.96. The van der Waals surface area contributed by atoms with Gasteiger partial charge in [0.15, 0.2) is 11.5 Å². The summed E-state index contributed by atoms with van der Waals surface area (Å²) in [6.45, 7) is 3.07. The molecule has 0 saturated carbocycles. The molecule has 0 bridgehead atoms. The lowest BCUT2D eigenvalue weighted by Crippen LogP contribution is -2.40. The third-order valence-corrected chi connectivity index (χ3v) is 6.68. The largest absolute Gasteiger partial charge is 0.497 e. The molecule has 0 aliphatic carbocycles. The van der Waals surface area contributed by atoms with E-state index in [0.29, 0.717) is 30.2 Å². The summed E-state index contributed by atoms with van der Waals surface area (Å²) in [6.07, 6.45) is 7.17. The van der Waals surface area contributed by atoms with E-state index in [2.05, 4.69) is 10.1 Å². The molecule has 4 aromatic rings. The highest BCUT2D eigenvalue weighted by molar-refractivity contribution is 5.94. The van der Waals surface area contributed by atoms with Gasteiger partial charge >= 0.3 is 0 Å². The van der Waals surface area contributed by atoms with Gasteiger partial charge in [0.1, 0.15) is 12.0 Å². The number of carbonyl (C=O) groups is 1. The lowest BCUT2D eigenvalue weighted by atomic mass is 9.88. The minimum absolute atomic E-state index is 0.0868. The number of amides is 1. The number of aryl methyl sites for hydroxylation is 1. The number of nitrogens with zero attached hydrogens (tertiary/aromatic N) is 2. The normalized spacial score (nSPS) is 15.2. The van der Waals surface area contributed by atoms with Gasteiger partial charge in [-0.2, -0.15) is 0 Å². The molecule has 1 aliphatic heterocycles. The predicted molar refractivity (Wildman–Crippen MR) is 131 cm³/mol. The second-order valence-corrected chi connectivity index (χ2v) is 8.58. The van der Waals surface area contributed by atoms with Crippen molar-refractivity contribution in [3.8, 4) is 17.2 Å². The van der Waals surface area contributed by atoms with Gasteiger partial charge < -0.3 is 28.6 Å². The Morgan fingerprint density at radius 2 is 2.09 bits per heavy atom. The number of aromatic amines is 1. The smallest absolute Gasteiger partial charge is 0.259 e. The second-order valence-electron chi connectivity index (χ2n) is 8.58. The van der Waals surface area contributed by atoms with Gasteiger partial charge in [-0.05, 0) is 73.2 Å². The van der Waals surface area contributed by atoms with Crippen LogP contribution in [0.4, 0.5) is 0 Å². The van der Waals surface area contributed by atoms with Crippen molar-refractivity contribution in [1.82, 2.24) is 15.0 Å². The standard InChI is InChI=1S/C27H29N3O5/c1-4-34-26-13-22-17(11-25(26)33-3)9-10-30(27(31)19-15-29-35-16-19)24(22)8-5-18-14-28-23-7-6-20(32-2)12-21(18)23/h6-7,11-16,24,28H,4-5,8-10H2,1-3H3. The van der Waals surface area contributed by atoms with Crippen LogP contribution in [0.25, 0.3) is 10.9 Å². The van der Waals surface area contributed by atoms with E-state index < -0.39 is 0 Å². The van der Waals surface area contributed by atoms with Crippen LogP contribution < -0.4 is 14.2 Å². The first kappa shape index (κ1) is 22.8. The number of carbonyl (C=O) groups excluding carboxylic acids is 1. The first-order chi connectivity index (χ1) is 17.1. The Hall–Kier alpha value is -3.94. The van der Waals surface area contributed by atoms with E-state index in [1.807, 2.05) is 48.4 Å². The number of H-pyrrole nitrogens is 1. The molecule has 0 spiro atoms. The molecule has 8 nitrogen and oxygen atoms in total. The van der Waals surface area contributed by atoms with E-state index in [0.717, 1.165) is 41.5 Å². The average Bonchev–Trinajstić information content (AvgIpc) is 3.56. The minimum Gasteiger partial charge on any atom is -0.497 e. The molecular formula is C27H29N3O5. The highest BCUT2D eigenvalue weighted by atomic mass is 16.5. The Morgan fingerprint density at radius 3 is 2.83 bits per heavy atom. The molecule has 0 radical (unpaired) electrons. The number of methoxy groups -OCH3 is 2. The molecule has 1 atom stereocenters. The first-order valence-corrected chi connectivity index (χ1v) is 11.8. The zero-order chi connectivity index (χ0) is 24.4. The average molecular weight is 476 g/mol. The summed E-state index contributed by atoms with van der Waals surface area (Å²) in [4.78, 5) is 18.7. The minimum atomic E-state index is -0.137. The highest BCUT2D eigenvalue weighted by Crippen LogP contribution is 2.41. The van der Waals surface area contributed by atoms with Gasteiger partial charge in [0.2, 0.25) is 0 Å². The molecule has 3 heterocycles. The highest BCUT2D eigenvalue weighted by Gasteiger charge is 2.33. The SMILES string of the molecule is CCOc1cc2c(cc1OC)CCN(C(=O)c1cnoc1)C2CCc1c[nH]c2ccc(OC)cc12. The molecule has 35 heavy (non-hydrogen) atoms. The number of fused-ring (bicyclic) bond motifs is 2. The second kappa shape index (κ2) is 9.74. The number of hydrogen-bond donors (Lipinski definition) is 1. The van der Waals surface area contributed by atoms with Crippen molar-refractivity contribution in [2.24, 2.45) is 0 Å². The van der Waals surface area contributed by atoms with Crippen LogP contribution in [0.15, 0.2) is 53.5 Å². The summed E-state index contributed by atoms with van der Waals surface area (Å²) < 4.78 is 21.8. The molecule has 182 valence electrons. The first-order valence-electron chi connectivity index (χ1n) is 11.8. The maximum absolute atomic E-state index is 13.4. The van der Waals surface area contributed by atoms with Crippen LogP contribution in [-0.4, -0.2) is 48.3 Å². The zero-order valence-corrected chi connectivity index (χ0v) is 20.2. The molecule has 1 unspecified atom stereocenters. The van der Waals surface area contributed by atoms with E-state index in [1.54, 1.807) is 14.2 Å². The van der Waals surface area contributed by atoms with Gasteiger partial charge in [-0.1, -0.05) is 5.16 Å². The fourth-order valence-electron chi connectivity index (χ4n) is 4.95. The van der Waals surface area contributed by atoms with Crippen molar-refractivity contribution in [3.05, 3.63) is 71.2 Å².